The average molecular weight is 240 g/mol. The zero-order valence-corrected chi connectivity index (χ0v) is 9.25. The van der Waals surface area contributed by atoms with Gasteiger partial charge in [0.2, 0.25) is 0 Å². The first-order chi connectivity index (χ1) is 6.82. The Hall–Kier alpha value is -1.35. The SMILES string of the molecule is COC(=O)NS(=O)(=O)NC(C)C(=O)OC. The van der Waals surface area contributed by atoms with Crippen molar-refractivity contribution in [2.24, 2.45) is 0 Å². The molecule has 0 rings (SSSR count). The molecule has 2 N–H and O–H groups in total. The molecule has 0 bridgehead atoms. The van der Waals surface area contributed by atoms with E-state index in [2.05, 4.69) is 9.47 Å². The number of hydrogen-bond donors (Lipinski definition) is 2. The van der Waals surface area contributed by atoms with Gasteiger partial charge in [0, 0.05) is 0 Å². The van der Waals surface area contributed by atoms with Crippen molar-refractivity contribution in [3.8, 4) is 0 Å². The summed E-state index contributed by atoms with van der Waals surface area (Å²) in [5, 5.41) is 0. The molecule has 0 aromatic carbocycles. The monoisotopic (exact) mass is 240 g/mol. The number of esters is 1. The van der Waals surface area contributed by atoms with Gasteiger partial charge in [-0.15, -0.1) is 0 Å². The van der Waals surface area contributed by atoms with Crippen LogP contribution in [0.4, 0.5) is 4.79 Å². The minimum absolute atomic E-state index is 0.773. The minimum atomic E-state index is -4.12. The van der Waals surface area contributed by atoms with Crippen LogP contribution in [0.5, 0.6) is 0 Å². The highest BCUT2D eigenvalue weighted by Gasteiger charge is 2.22. The van der Waals surface area contributed by atoms with E-state index in [1.54, 1.807) is 0 Å². The fourth-order valence-corrected chi connectivity index (χ4v) is 1.56. The molecule has 1 atom stereocenters. The van der Waals surface area contributed by atoms with Crippen molar-refractivity contribution in [3.05, 3.63) is 0 Å². The van der Waals surface area contributed by atoms with Gasteiger partial charge in [0.25, 0.3) is 0 Å². The smallest absolute Gasteiger partial charge is 0.421 e. The van der Waals surface area contributed by atoms with Crippen LogP contribution in [0, 0.1) is 0 Å². The van der Waals surface area contributed by atoms with Gasteiger partial charge in [-0.25, -0.2) is 9.52 Å². The topological polar surface area (TPSA) is 111 Å². The average Bonchev–Trinajstić information content (AvgIpc) is 2.14. The Morgan fingerprint density at radius 2 is 1.73 bits per heavy atom. The van der Waals surface area contributed by atoms with Crippen LogP contribution in [0.2, 0.25) is 0 Å². The van der Waals surface area contributed by atoms with Crippen molar-refractivity contribution in [3.63, 3.8) is 0 Å². The maximum absolute atomic E-state index is 11.1. The summed E-state index contributed by atoms with van der Waals surface area (Å²) in [5.41, 5.74) is 0. The van der Waals surface area contributed by atoms with E-state index in [0.717, 1.165) is 14.2 Å². The standard InChI is InChI=1S/C6H12N2O6S/c1-4(5(9)13-2)7-15(11,12)8-6(10)14-3/h4,7H,1-3H3,(H,8,10). The molecule has 8 nitrogen and oxygen atoms in total. The van der Waals surface area contributed by atoms with Crippen LogP contribution in [0.1, 0.15) is 6.92 Å². The Balaban J connectivity index is 4.39. The predicted molar refractivity (Wildman–Crippen MR) is 49.1 cm³/mol. The van der Waals surface area contributed by atoms with Gasteiger partial charge in [0.05, 0.1) is 14.2 Å². The van der Waals surface area contributed by atoms with E-state index in [9.17, 15) is 18.0 Å². The summed E-state index contributed by atoms with van der Waals surface area (Å²) in [6.45, 7) is 1.27. The number of amides is 1. The first-order valence-corrected chi connectivity index (χ1v) is 5.26. The van der Waals surface area contributed by atoms with Crippen LogP contribution in [0.3, 0.4) is 0 Å². The molecule has 0 saturated carbocycles. The van der Waals surface area contributed by atoms with Crippen molar-refractivity contribution in [2.75, 3.05) is 14.2 Å². The molecule has 1 unspecified atom stereocenters. The Kier molecular flexibility index (Phi) is 5.02. The Bertz CT molecular complexity index is 338. The zero-order valence-electron chi connectivity index (χ0n) is 8.44. The van der Waals surface area contributed by atoms with E-state index < -0.39 is 28.3 Å². The molecule has 9 heteroatoms. The van der Waals surface area contributed by atoms with Gasteiger partial charge in [-0.3, -0.25) is 4.79 Å². The number of rotatable bonds is 4. The summed E-state index contributed by atoms with van der Waals surface area (Å²) < 4.78 is 33.9. The first-order valence-electron chi connectivity index (χ1n) is 3.78. The Labute approximate surface area is 87.1 Å². The number of ether oxygens (including phenoxy) is 2. The third kappa shape index (κ3) is 5.18. The third-order valence-electron chi connectivity index (χ3n) is 1.29. The molecular weight excluding hydrogens is 228 g/mol. The van der Waals surface area contributed by atoms with Gasteiger partial charge < -0.3 is 9.47 Å². The second-order valence-corrected chi connectivity index (χ2v) is 3.91. The lowest BCUT2D eigenvalue weighted by Gasteiger charge is -2.11. The minimum Gasteiger partial charge on any atom is -0.468 e. The Morgan fingerprint density at radius 1 is 1.20 bits per heavy atom. The zero-order chi connectivity index (χ0) is 12.1. The van der Waals surface area contributed by atoms with Crippen molar-refractivity contribution < 1.29 is 27.5 Å². The van der Waals surface area contributed by atoms with Gasteiger partial charge in [-0.05, 0) is 6.92 Å². The summed E-state index contributed by atoms with van der Waals surface area (Å²) in [7, 11) is -2.00. The predicted octanol–water partition coefficient (Wildman–Crippen LogP) is -1.26. The molecule has 0 aliphatic heterocycles. The second-order valence-electron chi connectivity index (χ2n) is 2.46. The number of carbonyl (C=O) groups is 2. The molecule has 0 aromatic heterocycles. The Morgan fingerprint density at radius 3 is 2.13 bits per heavy atom. The molecule has 0 saturated heterocycles. The van der Waals surface area contributed by atoms with Gasteiger partial charge in [-0.2, -0.15) is 13.1 Å². The summed E-state index contributed by atoms with van der Waals surface area (Å²) in [4.78, 5) is 21.4. The second kappa shape index (κ2) is 5.51. The van der Waals surface area contributed by atoms with Gasteiger partial charge in [-0.1, -0.05) is 0 Å². The summed E-state index contributed by atoms with van der Waals surface area (Å²) >= 11 is 0. The summed E-state index contributed by atoms with van der Waals surface area (Å²) in [6, 6.07) is -1.10. The van der Waals surface area contributed by atoms with E-state index in [-0.39, 0.29) is 0 Å². The molecule has 1 amide bonds. The molecule has 0 aliphatic rings. The van der Waals surface area contributed by atoms with Crippen LogP contribution in [0.15, 0.2) is 0 Å². The van der Waals surface area contributed by atoms with Crippen LogP contribution < -0.4 is 9.44 Å². The first kappa shape index (κ1) is 13.7. The van der Waals surface area contributed by atoms with E-state index in [1.807, 2.05) is 4.72 Å². The van der Waals surface area contributed by atoms with Crippen molar-refractivity contribution in [1.82, 2.24) is 9.44 Å². The van der Waals surface area contributed by atoms with Crippen molar-refractivity contribution >= 4 is 22.3 Å². The van der Waals surface area contributed by atoms with Crippen LogP contribution in [-0.4, -0.2) is 40.7 Å². The van der Waals surface area contributed by atoms with E-state index in [4.69, 9.17) is 0 Å². The number of hydrogen-bond acceptors (Lipinski definition) is 6. The molecule has 0 heterocycles. The van der Waals surface area contributed by atoms with Crippen molar-refractivity contribution in [2.45, 2.75) is 13.0 Å². The quantitative estimate of drug-likeness (QED) is 0.593. The molecule has 0 fully saturated rings. The van der Waals surface area contributed by atoms with E-state index >= 15 is 0 Å². The maximum Gasteiger partial charge on any atom is 0.421 e. The number of methoxy groups -OCH3 is 2. The molecule has 15 heavy (non-hydrogen) atoms. The highest BCUT2D eigenvalue weighted by Crippen LogP contribution is 1.89. The number of carbonyl (C=O) groups excluding carboxylic acids is 2. The maximum atomic E-state index is 11.1. The molecule has 88 valence electrons. The largest absolute Gasteiger partial charge is 0.468 e. The van der Waals surface area contributed by atoms with Crippen molar-refractivity contribution in [1.29, 1.82) is 0 Å². The fourth-order valence-electron chi connectivity index (χ4n) is 0.638. The molecular formula is C6H12N2O6S. The lowest BCUT2D eigenvalue weighted by molar-refractivity contribution is -0.142. The normalized spacial score (nSPS) is 12.7. The van der Waals surface area contributed by atoms with Gasteiger partial charge in [0.1, 0.15) is 6.04 Å². The molecule has 0 spiro atoms. The molecule has 0 radical (unpaired) electrons. The highest BCUT2D eigenvalue weighted by atomic mass is 32.2. The van der Waals surface area contributed by atoms with Gasteiger partial charge >= 0.3 is 22.3 Å². The van der Waals surface area contributed by atoms with Crippen LogP contribution in [-0.2, 0) is 24.5 Å². The van der Waals surface area contributed by atoms with E-state index in [1.165, 1.54) is 11.6 Å². The lowest BCUT2D eigenvalue weighted by atomic mass is 10.4. The van der Waals surface area contributed by atoms with Gasteiger partial charge in [0.15, 0.2) is 0 Å². The highest BCUT2D eigenvalue weighted by molar-refractivity contribution is 7.88. The summed E-state index contributed by atoms with van der Waals surface area (Å²) in [5.74, 6) is -0.773. The number of nitrogens with one attached hydrogen (secondary N) is 2. The van der Waals surface area contributed by atoms with Crippen LogP contribution in [0.25, 0.3) is 0 Å². The van der Waals surface area contributed by atoms with Crippen LogP contribution >= 0.6 is 0 Å². The fraction of sp³-hybridized carbons (Fsp3) is 0.667. The van der Waals surface area contributed by atoms with E-state index in [0.29, 0.717) is 0 Å². The summed E-state index contributed by atoms with van der Waals surface area (Å²) in [6.07, 6.45) is -1.15. The third-order valence-corrected chi connectivity index (χ3v) is 2.39. The molecule has 0 aromatic rings. The molecule has 0 aliphatic carbocycles. The lowest BCUT2D eigenvalue weighted by Crippen LogP contribution is -2.47.